The molecule has 1 aromatic carbocycles. The number of halogens is 1. The third-order valence-electron chi connectivity index (χ3n) is 3.68. The van der Waals surface area contributed by atoms with E-state index in [1.54, 1.807) is 12.3 Å². The topological polar surface area (TPSA) is 67.0 Å². The van der Waals surface area contributed by atoms with Gasteiger partial charge in [0.15, 0.2) is 0 Å². The van der Waals surface area contributed by atoms with Gasteiger partial charge in [-0.25, -0.2) is 4.98 Å². The second-order valence-electron chi connectivity index (χ2n) is 5.07. The molecular weight excluding hydrogens is 302 g/mol. The van der Waals surface area contributed by atoms with Crippen molar-refractivity contribution in [2.24, 2.45) is 0 Å². The first-order valence-corrected chi connectivity index (χ1v) is 7.28. The van der Waals surface area contributed by atoms with E-state index in [4.69, 9.17) is 16.3 Å². The summed E-state index contributed by atoms with van der Waals surface area (Å²) in [5.74, 6) is 0.486. The van der Waals surface area contributed by atoms with Gasteiger partial charge in [-0.1, -0.05) is 17.7 Å². The molecule has 0 atom stereocenters. The Labute approximate surface area is 131 Å². The van der Waals surface area contributed by atoms with Gasteiger partial charge in [0, 0.05) is 23.3 Å². The molecule has 0 saturated heterocycles. The van der Waals surface area contributed by atoms with Gasteiger partial charge in [-0.05, 0) is 23.8 Å². The molecule has 2 aromatic heterocycles. The predicted molar refractivity (Wildman–Crippen MR) is 84.4 cm³/mol. The van der Waals surface area contributed by atoms with Gasteiger partial charge in [0.2, 0.25) is 0 Å². The van der Waals surface area contributed by atoms with Crippen LogP contribution in [0.25, 0.3) is 22.2 Å². The Kier molecular flexibility index (Phi) is 3.01. The standard InChI is InChI=1S/C16H12ClN3O2/c17-10-6-12-13(8-20-15(12)19-7-10)9-1-2-11-14(5-9)22-4-3-18-16(11)21/h1-2,5-8H,3-4H2,(H,18,21)(H,19,20). The molecule has 0 saturated carbocycles. The summed E-state index contributed by atoms with van der Waals surface area (Å²) in [7, 11) is 0. The third-order valence-corrected chi connectivity index (χ3v) is 3.89. The van der Waals surface area contributed by atoms with Crippen molar-refractivity contribution in [2.45, 2.75) is 0 Å². The molecule has 4 rings (SSSR count). The SMILES string of the molecule is O=C1NCCOc2cc(-c3c[nH]c4ncc(Cl)cc34)ccc21. The molecule has 1 amide bonds. The number of carbonyl (C=O) groups is 1. The van der Waals surface area contributed by atoms with Crippen LogP contribution in [0.4, 0.5) is 0 Å². The zero-order valence-corrected chi connectivity index (χ0v) is 12.3. The van der Waals surface area contributed by atoms with E-state index in [2.05, 4.69) is 15.3 Å². The van der Waals surface area contributed by atoms with Crippen LogP contribution in [0.3, 0.4) is 0 Å². The van der Waals surface area contributed by atoms with Crippen molar-refractivity contribution in [2.75, 3.05) is 13.2 Å². The normalized spacial score (nSPS) is 14.1. The predicted octanol–water partition coefficient (Wildman–Crippen LogP) is 3.01. The average molecular weight is 314 g/mol. The first kappa shape index (κ1) is 13.2. The van der Waals surface area contributed by atoms with Gasteiger partial charge in [-0.2, -0.15) is 0 Å². The van der Waals surface area contributed by atoms with E-state index >= 15 is 0 Å². The van der Waals surface area contributed by atoms with Crippen molar-refractivity contribution in [3.05, 3.63) is 47.2 Å². The van der Waals surface area contributed by atoms with Crippen LogP contribution < -0.4 is 10.1 Å². The number of carbonyl (C=O) groups excluding carboxylic acids is 1. The highest BCUT2D eigenvalue weighted by atomic mass is 35.5. The van der Waals surface area contributed by atoms with E-state index < -0.39 is 0 Å². The van der Waals surface area contributed by atoms with Crippen molar-refractivity contribution in [1.29, 1.82) is 0 Å². The Balaban J connectivity index is 1.87. The number of benzene rings is 1. The zero-order valence-electron chi connectivity index (χ0n) is 11.5. The van der Waals surface area contributed by atoms with Crippen molar-refractivity contribution >= 4 is 28.5 Å². The van der Waals surface area contributed by atoms with Crippen LogP contribution in [0.1, 0.15) is 10.4 Å². The fourth-order valence-corrected chi connectivity index (χ4v) is 2.79. The molecule has 3 heterocycles. The molecule has 0 spiro atoms. The van der Waals surface area contributed by atoms with Crippen molar-refractivity contribution in [1.82, 2.24) is 15.3 Å². The maximum absolute atomic E-state index is 11.9. The Morgan fingerprint density at radius 3 is 3.05 bits per heavy atom. The fraction of sp³-hybridized carbons (Fsp3) is 0.125. The molecule has 0 unspecified atom stereocenters. The largest absolute Gasteiger partial charge is 0.491 e. The van der Waals surface area contributed by atoms with Crippen LogP contribution in [0.2, 0.25) is 5.02 Å². The van der Waals surface area contributed by atoms with Crippen molar-refractivity contribution < 1.29 is 9.53 Å². The number of pyridine rings is 1. The van der Waals surface area contributed by atoms with Gasteiger partial charge < -0.3 is 15.0 Å². The molecule has 110 valence electrons. The molecule has 0 aliphatic carbocycles. The highest BCUT2D eigenvalue weighted by Gasteiger charge is 2.18. The summed E-state index contributed by atoms with van der Waals surface area (Å²) in [6, 6.07) is 7.43. The summed E-state index contributed by atoms with van der Waals surface area (Å²) in [5.41, 5.74) is 3.25. The molecule has 0 bridgehead atoms. The van der Waals surface area contributed by atoms with Gasteiger partial charge in [0.05, 0.1) is 17.1 Å². The Morgan fingerprint density at radius 1 is 1.23 bits per heavy atom. The summed E-state index contributed by atoms with van der Waals surface area (Å²) in [5, 5.41) is 4.31. The van der Waals surface area contributed by atoms with Crippen LogP contribution in [-0.2, 0) is 0 Å². The zero-order chi connectivity index (χ0) is 15.1. The summed E-state index contributed by atoms with van der Waals surface area (Å²) < 4.78 is 5.66. The molecule has 0 radical (unpaired) electrons. The molecule has 6 heteroatoms. The van der Waals surface area contributed by atoms with Crippen LogP contribution >= 0.6 is 11.6 Å². The quantitative estimate of drug-likeness (QED) is 0.725. The molecule has 3 aromatic rings. The number of hydrogen-bond donors (Lipinski definition) is 2. The lowest BCUT2D eigenvalue weighted by atomic mass is 10.0. The van der Waals surface area contributed by atoms with Crippen LogP contribution in [0.15, 0.2) is 36.7 Å². The summed E-state index contributed by atoms with van der Waals surface area (Å²) >= 11 is 6.04. The lowest BCUT2D eigenvalue weighted by Gasteiger charge is -2.08. The second kappa shape index (κ2) is 5.03. The highest BCUT2D eigenvalue weighted by Crippen LogP contribution is 2.33. The summed E-state index contributed by atoms with van der Waals surface area (Å²) in [6.45, 7) is 0.971. The molecule has 22 heavy (non-hydrogen) atoms. The number of hydrogen-bond acceptors (Lipinski definition) is 3. The monoisotopic (exact) mass is 313 g/mol. The molecule has 1 aliphatic heterocycles. The Hall–Kier alpha value is -2.53. The highest BCUT2D eigenvalue weighted by molar-refractivity contribution is 6.31. The number of aromatic amines is 1. The number of amides is 1. The molecule has 2 N–H and O–H groups in total. The first-order valence-electron chi connectivity index (χ1n) is 6.90. The Morgan fingerprint density at radius 2 is 2.14 bits per heavy atom. The van der Waals surface area contributed by atoms with E-state index in [0.717, 1.165) is 22.2 Å². The van der Waals surface area contributed by atoms with Gasteiger partial charge in [0.1, 0.15) is 18.0 Å². The van der Waals surface area contributed by atoms with E-state index in [0.29, 0.717) is 29.5 Å². The lowest BCUT2D eigenvalue weighted by Crippen LogP contribution is -2.24. The second-order valence-corrected chi connectivity index (χ2v) is 5.50. The summed E-state index contributed by atoms with van der Waals surface area (Å²) in [6.07, 6.45) is 3.49. The molecule has 5 nitrogen and oxygen atoms in total. The molecule has 0 fully saturated rings. The third kappa shape index (κ3) is 2.10. The van der Waals surface area contributed by atoms with Crippen LogP contribution in [0.5, 0.6) is 5.75 Å². The van der Waals surface area contributed by atoms with Crippen molar-refractivity contribution in [3.8, 4) is 16.9 Å². The number of aromatic nitrogens is 2. The minimum atomic E-state index is -0.109. The minimum absolute atomic E-state index is 0.109. The fourth-order valence-electron chi connectivity index (χ4n) is 2.63. The number of nitrogens with one attached hydrogen (secondary N) is 2. The van der Waals surface area contributed by atoms with Gasteiger partial charge in [-0.3, -0.25) is 4.79 Å². The van der Waals surface area contributed by atoms with E-state index in [1.165, 1.54) is 0 Å². The maximum Gasteiger partial charge on any atom is 0.255 e. The van der Waals surface area contributed by atoms with Crippen LogP contribution in [-0.4, -0.2) is 29.0 Å². The maximum atomic E-state index is 11.9. The number of H-pyrrole nitrogens is 1. The minimum Gasteiger partial charge on any atom is -0.491 e. The van der Waals surface area contributed by atoms with Crippen molar-refractivity contribution in [3.63, 3.8) is 0 Å². The lowest BCUT2D eigenvalue weighted by molar-refractivity contribution is 0.0957. The number of ether oxygens (including phenoxy) is 1. The Bertz CT molecular complexity index is 888. The molecular formula is C16H12ClN3O2. The van der Waals surface area contributed by atoms with Crippen LogP contribution in [0, 0.1) is 0 Å². The van der Waals surface area contributed by atoms with E-state index in [1.807, 2.05) is 24.4 Å². The van der Waals surface area contributed by atoms with Gasteiger partial charge in [-0.15, -0.1) is 0 Å². The van der Waals surface area contributed by atoms with Gasteiger partial charge in [0.25, 0.3) is 5.91 Å². The summed E-state index contributed by atoms with van der Waals surface area (Å²) in [4.78, 5) is 19.3. The van der Waals surface area contributed by atoms with Gasteiger partial charge >= 0.3 is 0 Å². The molecule has 1 aliphatic rings. The smallest absolute Gasteiger partial charge is 0.255 e. The van der Waals surface area contributed by atoms with E-state index in [9.17, 15) is 4.79 Å². The van der Waals surface area contributed by atoms with E-state index in [-0.39, 0.29) is 5.91 Å². The number of nitrogens with zero attached hydrogens (tertiary/aromatic N) is 1. The first-order chi connectivity index (χ1) is 10.7. The average Bonchev–Trinajstić information content (AvgIpc) is 2.84. The number of rotatable bonds is 1. The number of fused-ring (bicyclic) bond motifs is 2.